The zero-order valence-corrected chi connectivity index (χ0v) is 13.2. The second-order valence-electron chi connectivity index (χ2n) is 4.23. The molecule has 3 rings (SSSR count). The van der Waals surface area contributed by atoms with Crippen molar-refractivity contribution in [2.75, 3.05) is 0 Å². The zero-order chi connectivity index (χ0) is 15.7. The van der Waals surface area contributed by atoms with Gasteiger partial charge in [0, 0.05) is 6.20 Å². The topological polar surface area (TPSA) is 77.7 Å². The van der Waals surface area contributed by atoms with Gasteiger partial charge in [0.15, 0.2) is 0 Å². The van der Waals surface area contributed by atoms with Crippen molar-refractivity contribution >= 4 is 33.2 Å². The van der Waals surface area contributed by atoms with Gasteiger partial charge in [-0.3, -0.25) is 0 Å². The average Bonchev–Trinajstić information content (AvgIpc) is 3.01. The zero-order valence-electron chi connectivity index (χ0n) is 10.9. The van der Waals surface area contributed by atoms with Gasteiger partial charge in [0.05, 0.1) is 16.1 Å². The highest BCUT2D eigenvalue weighted by Gasteiger charge is 2.19. The molecule has 2 heterocycles. The van der Waals surface area contributed by atoms with Crippen LogP contribution >= 0.6 is 23.2 Å². The highest BCUT2D eigenvalue weighted by atomic mass is 35.5. The predicted molar refractivity (Wildman–Crippen MR) is 82.3 cm³/mol. The van der Waals surface area contributed by atoms with E-state index in [1.54, 1.807) is 18.2 Å². The van der Waals surface area contributed by atoms with Crippen LogP contribution in [0.25, 0.3) is 11.4 Å². The Morgan fingerprint density at radius 3 is 2.50 bits per heavy atom. The lowest BCUT2D eigenvalue weighted by molar-refractivity contribution is 0.580. The number of nitrogens with zero attached hydrogens (tertiary/aromatic N) is 4. The molecule has 0 aliphatic heterocycles. The Morgan fingerprint density at radius 2 is 1.77 bits per heavy atom. The second kappa shape index (κ2) is 5.68. The van der Waals surface area contributed by atoms with E-state index >= 15 is 0 Å². The smallest absolute Gasteiger partial charge is 0.225 e. The maximum atomic E-state index is 12.4. The normalized spacial score (nSPS) is 11.5. The average molecular weight is 355 g/mol. The fraction of sp³-hybridized carbons (Fsp3) is 0. The molecule has 0 atom stereocenters. The van der Waals surface area contributed by atoms with Crippen molar-refractivity contribution in [2.24, 2.45) is 0 Å². The molecule has 0 N–H and O–H groups in total. The van der Waals surface area contributed by atoms with Crippen molar-refractivity contribution in [3.8, 4) is 11.4 Å². The lowest BCUT2D eigenvalue weighted by Crippen LogP contribution is -2.13. The van der Waals surface area contributed by atoms with Crippen molar-refractivity contribution in [3.63, 3.8) is 0 Å². The van der Waals surface area contributed by atoms with Crippen molar-refractivity contribution in [1.82, 2.24) is 19.2 Å². The van der Waals surface area contributed by atoms with E-state index in [0.717, 1.165) is 4.09 Å². The SMILES string of the molecule is O=S(=O)(c1ccccc1)n1ccc(-c2nc(Cl)ncc2Cl)n1. The Kier molecular flexibility index (Phi) is 3.86. The lowest BCUT2D eigenvalue weighted by atomic mass is 10.3. The van der Waals surface area contributed by atoms with E-state index in [1.807, 2.05) is 0 Å². The summed E-state index contributed by atoms with van der Waals surface area (Å²) in [4.78, 5) is 7.84. The molecule has 0 saturated carbocycles. The monoisotopic (exact) mass is 354 g/mol. The predicted octanol–water partition coefficient (Wildman–Crippen LogP) is 2.88. The minimum atomic E-state index is -3.76. The van der Waals surface area contributed by atoms with Gasteiger partial charge in [0.25, 0.3) is 10.0 Å². The van der Waals surface area contributed by atoms with Crippen molar-refractivity contribution in [2.45, 2.75) is 4.90 Å². The minimum Gasteiger partial charge on any atom is -0.225 e. The molecule has 9 heteroatoms. The number of hydrogen-bond acceptors (Lipinski definition) is 5. The molecule has 0 fully saturated rings. The van der Waals surface area contributed by atoms with Crippen LogP contribution in [-0.2, 0) is 10.0 Å². The first-order valence-electron chi connectivity index (χ1n) is 6.03. The third kappa shape index (κ3) is 2.70. The summed E-state index contributed by atoms with van der Waals surface area (Å²) >= 11 is 11.7. The molecule has 0 bridgehead atoms. The summed E-state index contributed by atoms with van der Waals surface area (Å²) in [6, 6.07) is 9.48. The molecule has 22 heavy (non-hydrogen) atoms. The highest BCUT2D eigenvalue weighted by Crippen LogP contribution is 2.25. The van der Waals surface area contributed by atoms with Crippen LogP contribution in [0.4, 0.5) is 0 Å². The number of hydrogen-bond donors (Lipinski definition) is 0. The first-order valence-corrected chi connectivity index (χ1v) is 8.23. The van der Waals surface area contributed by atoms with Crippen LogP contribution in [0, 0.1) is 0 Å². The van der Waals surface area contributed by atoms with Gasteiger partial charge in [0.1, 0.15) is 11.4 Å². The van der Waals surface area contributed by atoms with Gasteiger partial charge < -0.3 is 0 Å². The largest absolute Gasteiger partial charge is 0.282 e. The molecule has 0 aliphatic carbocycles. The van der Waals surface area contributed by atoms with Gasteiger partial charge in [-0.1, -0.05) is 29.8 Å². The van der Waals surface area contributed by atoms with Gasteiger partial charge in [-0.2, -0.15) is 17.6 Å². The maximum Gasteiger partial charge on any atom is 0.282 e. The van der Waals surface area contributed by atoms with Crippen LogP contribution in [-0.4, -0.2) is 27.6 Å². The molecule has 0 amide bonds. The Morgan fingerprint density at radius 1 is 1.05 bits per heavy atom. The Hall–Kier alpha value is -1.96. The molecule has 3 aromatic rings. The molecule has 0 saturated heterocycles. The maximum absolute atomic E-state index is 12.4. The van der Waals surface area contributed by atoms with Gasteiger partial charge >= 0.3 is 0 Å². The Bertz CT molecular complexity index is 926. The van der Waals surface area contributed by atoms with E-state index in [9.17, 15) is 8.42 Å². The molecule has 1 aromatic carbocycles. The van der Waals surface area contributed by atoms with E-state index < -0.39 is 10.0 Å². The molecule has 112 valence electrons. The summed E-state index contributed by atoms with van der Waals surface area (Å²) in [7, 11) is -3.76. The fourth-order valence-corrected chi connectivity index (χ4v) is 3.25. The van der Waals surface area contributed by atoms with Gasteiger partial charge in [-0.15, -0.1) is 0 Å². The number of benzene rings is 1. The number of aromatic nitrogens is 4. The fourth-order valence-electron chi connectivity index (χ4n) is 1.79. The molecular weight excluding hydrogens is 347 g/mol. The molecule has 2 aromatic heterocycles. The van der Waals surface area contributed by atoms with Crippen LogP contribution < -0.4 is 0 Å². The summed E-state index contributed by atoms with van der Waals surface area (Å²) in [6.07, 6.45) is 2.65. The lowest BCUT2D eigenvalue weighted by Gasteiger charge is -2.04. The van der Waals surface area contributed by atoms with E-state index in [0.29, 0.717) is 0 Å². The number of halogens is 2. The first-order chi connectivity index (χ1) is 10.5. The summed E-state index contributed by atoms with van der Waals surface area (Å²) in [6.45, 7) is 0. The van der Waals surface area contributed by atoms with Gasteiger partial charge in [0.2, 0.25) is 5.28 Å². The minimum absolute atomic E-state index is 0.000124. The molecule has 0 radical (unpaired) electrons. The molecule has 6 nitrogen and oxygen atoms in total. The third-order valence-electron chi connectivity index (χ3n) is 2.81. The standard InChI is InChI=1S/C13H8Cl2N4O2S/c14-10-8-16-13(15)17-12(10)11-6-7-19(18-11)22(20,21)9-4-2-1-3-5-9/h1-8H. The summed E-state index contributed by atoms with van der Waals surface area (Å²) in [5, 5.41) is 4.25. The van der Waals surface area contributed by atoms with Crippen LogP contribution in [0.3, 0.4) is 0 Å². The van der Waals surface area contributed by atoms with Crippen LogP contribution in [0.2, 0.25) is 10.3 Å². The van der Waals surface area contributed by atoms with E-state index in [4.69, 9.17) is 23.2 Å². The Balaban J connectivity index is 2.06. The first kappa shape index (κ1) is 15.0. The highest BCUT2D eigenvalue weighted by molar-refractivity contribution is 7.89. The Labute approximate surface area is 136 Å². The second-order valence-corrected chi connectivity index (χ2v) is 6.77. The number of rotatable bonds is 3. The van der Waals surface area contributed by atoms with E-state index in [2.05, 4.69) is 15.1 Å². The van der Waals surface area contributed by atoms with E-state index in [-0.39, 0.29) is 26.6 Å². The van der Waals surface area contributed by atoms with Crippen molar-refractivity contribution in [1.29, 1.82) is 0 Å². The quantitative estimate of drug-likeness (QED) is 0.675. The third-order valence-corrected chi connectivity index (χ3v) is 4.83. The molecule has 0 unspecified atom stereocenters. The van der Waals surface area contributed by atoms with Crippen LogP contribution in [0.5, 0.6) is 0 Å². The van der Waals surface area contributed by atoms with Gasteiger partial charge in [-0.25, -0.2) is 9.97 Å². The summed E-state index contributed by atoms with van der Waals surface area (Å²) in [5.41, 5.74) is 0.553. The molecule has 0 spiro atoms. The molecular formula is C13H8Cl2N4O2S. The summed E-state index contributed by atoms with van der Waals surface area (Å²) < 4.78 is 25.7. The summed E-state index contributed by atoms with van der Waals surface area (Å²) in [5.74, 6) is 0. The van der Waals surface area contributed by atoms with Crippen LogP contribution in [0.1, 0.15) is 0 Å². The molecule has 0 aliphatic rings. The van der Waals surface area contributed by atoms with Crippen molar-refractivity contribution < 1.29 is 8.42 Å². The van der Waals surface area contributed by atoms with Gasteiger partial charge in [-0.05, 0) is 29.8 Å². The van der Waals surface area contributed by atoms with E-state index in [1.165, 1.54) is 30.6 Å². The van der Waals surface area contributed by atoms with Crippen LogP contribution in [0.15, 0.2) is 53.7 Å². The van der Waals surface area contributed by atoms with Crippen molar-refractivity contribution in [3.05, 3.63) is 59.1 Å².